The summed E-state index contributed by atoms with van der Waals surface area (Å²) >= 11 is 0. The van der Waals surface area contributed by atoms with E-state index in [4.69, 9.17) is 9.47 Å². The van der Waals surface area contributed by atoms with Gasteiger partial charge in [-0.15, -0.1) is 0 Å². The Morgan fingerprint density at radius 2 is 2.05 bits per heavy atom. The van der Waals surface area contributed by atoms with Crippen LogP contribution in [-0.2, 0) is 5.41 Å². The molecule has 0 aliphatic carbocycles. The molecule has 0 amide bonds. The minimum absolute atomic E-state index is 0.0486. The molecule has 0 spiro atoms. The summed E-state index contributed by atoms with van der Waals surface area (Å²) in [6, 6.07) is 6.72. The van der Waals surface area contributed by atoms with Gasteiger partial charge in [0.2, 0.25) is 0 Å². The lowest BCUT2D eigenvalue weighted by Gasteiger charge is -2.26. The predicted molar refractivity (Wildman–Crippen MR) is 87.4 cm³/mol. The Bertz CT molecular complexity index is 445. The molecule has 3 nitrogen and oxygen atoms in total. The molecule has 1 heterocycles. The summed E-state index contributed by atoms with van der Waals surface area (Å²) in [5.74, 6) is 1.88. The Hall–Kier alpha value is -1.22. The Labute approximate surface area is 129 Å². The molecule has 1 aliphatic rings. The van der Waals surface area contributed by atoms with E-state index < -0.39 is 0 Å². The van der Waals surface area contributed by atoms with Crippen LogP contribution in [0.25, 0.3) is 0 Å². The van der Waals surface area contributed by atoms with Crippen molar-refractivity contribution in [2.24, 2.45) is 0 Å². The molecular weight excluding hydrogens is 262 g/mol. The fourth-order valence-corrected chi connectivity index (χ4v) is 2.83. The van der Waals surface area contributed by atoms with Gasteiger partial charge in [-0.2, -0.15) is 0 Å². The van der Waals surface area contributed by atoms with E-state index in [1.165, 1.54) is 24.8 Å². The van der Waals surface area contributed by atoms with Gasteiger partial charge in [-0.05, 0) is 49.4 Å². The van der Waals surface area contributed by atoms with Crippen molar-refractivity contribution in [3.8, 4) is 11.5 Å². The van der Waals surface area contributed by atoms with Gasteiger partial charge in [0.1, 0.15) is 11.5 Å². The van der Waals surface area contributed by atoms with Gasteiger partial charge < -0.3 is 14.8 Å². The lowest BCUT2D eigenvalue weighted by molar-refractivity contribution is 0.263. The summed E-state index contributed by atoms with van der Waals surface area (Å²) in [6.07, 6.45) is 5.01. The number of benzene rings is 1. The standard InChI is InChI=1S/C18H29NO2/c1-18(2,3)16-13-15(20-4)8-9-17(16)21-12-10-14-7-5-6-11-19-14/h8-9,13-14,19H,5-7,10-12H2,1-4H3. The van der Waals surface area contributed by atoms with E-state index in [0.29, 0.717) is 6.04 Å². The number of nitrogens with one attached hydrogen (secondary N) is 1. The lowest BCUT2D eigenvalue weighted by Crippen LogP contribution is -2.35. The zero-order valence-corrected chi connectivity index (χ0v) is 13.9. The second-order valence-electron chi connectivity index (χ2n) is 6.90. The summed E-state index contributed by atoms with van der Waals surface area (Å²) in [5.41, 5.74) is 1.26. The second-order valence-corrected chi connectivity index (χ2v) is 6.90. The molecule has 0 aromatic heterocycles. The van der Waals surface area contributed by atoms with Crippen molar-refractivity contribution in [3.63, 3.8) is 0 Å². The average molecular weight is 291 g/mol. The molecule has 1 unspecified atom stereocenters. The molecule has 0 radical (unpaired) electrons. The van der Waals surface area contributed by atoms with Crippen molar-refractivity contribution in [3.05, 3.63) is 23.8 Å². The first-order valence-corrected chi connectivity index (χ1v) is 8.05. The smallest absolute Gasteiger partial charge is 0.123 e. The maximum absolute atomic E-state index is 6.07. The normalized spacial score (nSPS) is 19.3. The van der Waals surface area contributed by atoms with E-state index in [2.05, 4.69) is 32.2 Å². The van der Waals surface area contributed by atoms with Gasteiger partial charge in [-0.1, -0.05) is 27.2 Å². The van der Waals surface area contributed by atoms with Crippen LogP contribution in [0.3, 0.4) is 0 Å². The molecule has 0 bridgehead atoms. The molecular formula is C18H29NO2. The first kappa shape index (κ1) is 16.2. The number of hydrogen-bond acceptors (Lipinski definition) is 3. The van der Waals surface area contributed by atoms with Crippen molar-refractivity contribution in [1.82, 2.24) is 5.32 Å². The van der Waals surface area contributed by atoms with Gasteiger partial charge >= 0.3 is 0 Å². The van der Waals surface area contributed by atoms with Crippen LogP contribution in [0.4, 0.5) is 0 Å². The fourth-order valence-electron chi connectivity index (χ4n) is 2.83. The summed E-state index contributed by atoms with van der Waals surface area (Å²) in [7, 11) is 1.71. The number of methoxy groups -OCH3 is 1. The Kier molecular flexibility index (Phi) is 5.51. The lowest BCUT2D eigenvalue weighted by atomic mass is 9.86. The summed E-state index contributed by atoms with van der Waals surface area (Å²) in [4.78, 5) is 0. The van der Waals surface area contributed by atoms with Crippen LogP contribution in [0.2, 0.25) is 0 Å². The molecule has 1 aliphatic heterocycles. The van der Waals surface area contributed by atoms with Crippen molar-refractivity contribution in [1.29, 1.82) is 0 Å². The first-order chi connectivity index (χ1) is 10.0. The van der Waals surface area contributed by atoms with Gasteiger partial charge in [0.15, 0.2) is 0 Å². The zero-order valence-electron chi connectivity index (χ0n) is 13.9. The maximum Gasteiger partial charge on any atom is 0.123 e. The van der Waals surface area contributed by atoms with Gasteiger partial charge in [0.25, 0.3) is 0 Å². The van der Waals surface area contributed by atoms with Crippen LogP contribution >= 0.6 is 0 Å². The molecule has 1 aromatic carbocycles. The van der Waals surface area contributed by atoms with Crippen LogP contribution < -0.4 is 14.8 Å². The minimum Gasteiger partial charge on any atom is -0.497 e. The number of ether oxygens (including phenoxy) is 2. The highest BCUT2D eigenvalue weighted by molar-refractivity contribution is 5.44. The van der Waals surface area contributed by atoms with Crippen LogP contribution in [0, 0.1) is 0 Å². The molecule has 21 heavy (non-hydrogen) atoms. The van der Waals surface area contributed by atoms with Crippen molar-refractivity contribution >= 4 is 0 Å². The molecule has 0 saturated carbocycles. The molecule has 3 heteroatoms. The van der Waals surface area contributed by atoms with Crippen LogP contribution in [0.1, 0.15) is 52.0 Å². The molecule has 1 atom stereocenters. The molecule has 1 aromatic rings. The van der Waals surface area contributed by atoms with Crippen molar-refractivity contribution < 1.29 is 9.47 Å². The number of hydrogen-bond donors (Lipinski definition) is 1. The topological polar surface area (TPSA) is 30.5 Å². The van der Waals surface area contributed by atoms with Crippen LogP contribution in [-0.4, -0.2) is 26.3 Å². The molecule has 118 valence electrons. The fraction of sp³-hybridized carbons (Fsp3) is 0.667. The van der Waals surface area contributed by atoms with E-state index >= 15 is 0 Å². The third kappa shape index (κ3) is 4.63. The van der Waals surface area contributed by atoms with E-state index in [9.17, 15) is 0 Å². The second kappa shape index (κ2) is 7.17. The van der Waals surface area contributed by atoms with E-state index in [-0.39, 0.29) is 5.41 Å². The van der Waals surface area contributed by atoms with Gasteiger partial charge in [-0.25, -0.2) is 0 Å². The van der Waals surface area contributed by atoms with Crippen molar-refractivity contribution in [2.75, 3.05) is 20.3 Å². The largest absolute Gasteiger partial charge is 0.497 e. The summed E-state index contributed by atoms with van der Waals surface area (Å²) in [6.45, 7) is 8.54. The van der Waals surface area contributed by atoms with E-state index in [1.54, 1.807) is 7.11 Å². The van der Waals surface area contributed by atoms with Gasteiger partial charge in [0, 0.05) is 11.6 Å². The van der Waals surface area contributed by atoms with E-state index in [0.717, 1.165) is 31.1 Å². The number of piperidine rings is 1. The SMILES string of the molecule is COc1ccc(OCCC2CCCCN2)c(C(C)(C)C)c1. The Morgan fingerprint density at radius 3 is 2.67 bits per heavy atom. The average Bonchev–Trinajstić information content (AvgIpc) is 2.47. The maximum atomic E-state index is 6.07. The first-order valence-electron chi connectivity index (χ1n) is 8.05. The van der Waals surface area contributed by atoms with Gasteiger partial charge in [0.05, 0.1) is 13.7 Å². The quantitative estimate of drug-likeness (QED) is 0.892. The summed E-state index contributed by atoms with van der Waals surface area (Å²) < 4.78 is 11.4. The molecule has 1 N–H and O–H groups in total. The van der Waals surface area contributed by atoms with Crippen LogP contribution in [0.5, 0.6) is 11.5 Å². The monoisotopic (exact) mass is 291 g/mol. The molecule has 1 saturated heterocycles. The van der Waals surface area contributed by atoms with Gasteiger partial charge in [-0.3, -0.25) is 0 Å². The minimum atomic E-state index is 0.0486. The Balaban J connectivity index is 1.98. The number of rotatable bonds is 5. The predicted octanol–water partition coefficient (Wildman–Crippen LogP) is 3.90. The zero-order chi connectivity index (χ0) is 15.3. The highest BCUT2D eigenvalue weighted by Crippen LogP contribution is 2.34. The van der Waals surface area contributed by atoms with Crippen molar-refractivity contribution in [2.45, 2.75) is 57.9 Å². The summed E-state index contributed by atoms with van der Waals surface area (Å²) in [5, 5.41) is 3.57. The highest BCUT2D eigenvalue weighted by Gasteiger charge is 2.20. The van der Waals surface area contributed by atoms with Crippen LogP contribution in [0.15, 0.2) is 18.2 Å². The third-order valence-corrected chi connectivity index (χ3v) is 4.13. The molecule has 1 fully saturated rings. The highest BCUT2D eigenvalue weighted by atomic mass is 16.5. The third-order valence-electron chi connectivity index (χ3n) is 4.13. The Morgan fingerprint density at radius 1 is 1.24 bits per heavy atom. The van der Waals surface area contributed by atoms with E-state index in [1.807, 2.05) is 12.1 Å². The molecule has 2 rings (SSSR count).